The molecule has 7 nitrogen and oxygen atoms in total. The number of carbonyl (C=O) groups is 1. The van der Waals surface area contributed by atoms with Gasteiger partial charge in [0.25, 0.3) is 5.91 Å². The van der Waals surface area contributed by atoms with Crippen molar-refractivity contribution in [1.29, 1.82) is 0 Å². The van der Waals surface area contributed by atoms with Gasteiger partial charge in [-0.25, -0.2) is 0 Å². The van der Waals surface area contributed by atoms with E-state index in [0.717, 1.165) is 34.8 Å². The summed E-state index contributed by atoms with van der Waals surface area (Å²) >= 11 is 0. The van der Waals surface area contributed by atoms with Gasteiger partial charge in [0, 0.05) is 43.9 Å². The number of pyridine rings is 2. The highest BCUT2D eigenvalue weighted by atomic mass is 16.1. The maximum Gasteiger partial charge on any atom is 0.257 e. The quantitative estimate of drug-likeness (QED) is 0.384. The molecular weight excluding hydrogens is 436 g/mol. The van der Waals surface area contributed by atoms with Gasteiger partial charge in [-0.15, -0.1) is 0 Å². The molecule has 1 aromatic carbocycles. The van der Waals surface area contributed by atoms with Gasteiger partial charge in [-0.3, -0.25) is 24.7 Å². The van der Waals surface area contributed by atoms with Gasteiger partial charge in [-0.2, -0.15) is 0 Å². The molecule has 3 N–H and O–H groups in total. The third-order valence-electron chi connectivity index (χ3n) is 5.24. The van der Waals surface area contributed by atoms with Crippen molar-refractivity contribution in [2.45, 2.75) is 26.4 Å². The van der Waals surface area contributed by atoms with Crippen LogP contribution in [0.15, 0.2) is 96.9 Å². The SMILES string of the molecule is C=CC(CN(Cc1ccccn1)Cc1ccc(C(=O)Nc2ccc(CCN)cc2)cn1)=N/C=C\C. The molecule has 7 heteroatoms. The second-order valence-electron chi connectivity index (χ2n) is 8.00. The Balaban J connectivity index is 1.68. The Labute approximate surface area is 207 Å². The standard InChI is InChI=1S/C28H32N6O/c1-3-16-30-24(4-2)19-34(20-26-7-5-6-17-31-26)21-27-13-10-23(18-32-27)28(35)33-25-11-8-22(9-12-25)14-15-29/h3-13,16-18H,2,14-15,19-21,29H2,1H3,(H,33,35)/b16-3-,30-24?. The van der Waals surface area contributed by atoms with E-state index < -0.39 is 0 Å². The average Bonchev–Trinajstić information content (AvgIpc) is 2.88. The number of allylic oxidation sites excluding steroid dienone is 1. The summed E-state index contributed by atoms with van der Waals surface area (Å²) in [6.07, 6.45) is 9.60. The highest BCUT2D eigenvalue weighted by Gasteiger charge is 2.12. The molecule has 2 heterocycles. The molecule has 0 aliphatic rings. The molecule has 0 aliphatic heterocycles. The number of nitrogens with zero attached hydrogens (tertiary/aromatic N) is 4. The Hall–Kier alpha value is -3.94. The summed E-state index contributed by atoms with van der Waals surface area (Å²) in [4.78, 5) is 28.3. The minimum atomic E-state index is -0.201. The normalized spacial score (nSPS) is 11.7. The molecule has 35 heavy (non-hydrogen) atoms. The molecule has 180 valence electrons. The molecule has 0 spiro atoms. The predicted molar refractivity (Wildman–Crippen MR) is 142 cm³/mol. The second-order valence-corrected chi connectivity index (χ2v) is 8.00. The van der Waals surface area contributed by atoms with E-state index in [-0.39, 0.29) is 5.91 Å². The highest BCUT2D eigenvalue weighted by Crippen LogP contribution is 2.13. The van der Waals surface area contributed by atoms with Crippen LogP contribution in [0.4, 0.5) is 5.69 Å². The van der Waals surface area contributed by atoms with E-state index in [0.29, 0.717) is 31.7 Å². The second kappa shape index (κ2) is 13.7. The summed E-state index contributed by atoms with van der Waals surface area (Å²) in [5, 5.41) is 2.91. The number of amides is 1. The van der Waals surface area contributed by atoms with Gasteiger partial charge >= 0.3 is 0 Å². The number of carbonyl (C=O) groups excluding carboxylic acids is 1. The molecule has 2 aromatic heterocycles. The number of nitrogens with two attached hydrogens (primary N) is 1. The third-order valence-corrected chi connectivity index (χ3v) is 5.24. The Kier molecular flexibility index (Phi) is 10.0. The van der Waals surface area contributed by atoms with Gasteiger partial charge in [0.1, 0.15) is 0 Å². The van der Waals surface area contributed by atoms with Gasteiger partial charge in [0.15, 0.2) is 0 Å². The Bertz CT molecular complexity index is 1140. The molecule has 0 unspecified atom stereocenters. The first kappa shape index (κ1) is 25.7. The van der Waals surface area contributed by atoms with Crippen LogP contribution < -0.4 is 11.1 Å². The summed E-state index contributed by atoms with van der Waals surface area (Å²) < 4.78 is 0. The maximum absolute atomic E-state index is 12.7. The van der Waals surface area contributed by atoms with E-state index >= 15 is 0 Å². The zero-order chi connectivity index (χ0) is 24.9. The first-order valence-corrected chi connectivity index (χ1v) is 11.6. The zero-order valence-electron chi connectivity index (χ0n) is 20.1. The Morgan fingerprint density at radius 1 is 1.09 bits per heavy atom. The number of hydrogen-bond acceptors (Lipinski definition) is 6. The number of aliphatic imine (C=N–C) groups is 1. The van der Waals surface area contributed by atoms with Gasteiger partial charge in [0.05, 0.1) is 22.7 Å². The van der Waals surface area contributed by atoms with Crippen LogP contribution in [0.25, 0.3) is 0 Å². The molecule has 0 aliphatic carbocycles. The van der Waals surface area contributed by atoms with Crippen molar-refractivity contribution in [3.63, 3.8) is 0 Å². The van der Waals surface area contributed by atoms with E-state index in [1.807, 2.05) is 61.5 Å². The minimum Gasteiger partial charge on any atom is -0.330 e. The van der Waals surface area contributed by atoms with E-state index in [4.69, 9.17) is 5.73 Å². The summed E-state index contributed by atoms with van der Waals surface area (Å²) in [7, 11) is 0. The largest absolute Gasteiger partial charge is 0.330 e. The Morgan fingerprint density at radius 3 is 2.46 bits per heavy atom. The molecule has 0 bridgehead atoms. The molecule has 3 aromatic rings. The minimum absolute atomic E-state index is 0.201. The lowest BCUT2D eigenvalue weighted by Crippen LogP contribution is -2.29. The molecule has 0 saturated carbocycles. The number of hydrogen-bond donors (Lipinski definition) is 2. The number of nitrogens with one attached hydrogen (secondary N) is 1. The summed E-state index contributed by atoms with van der Waals surface area (Å²) in [5.74, 6) is -0.201. The lowest BCUT2D eigenvalue weighted by Gasteiger charge is -2.21. The molecule has 0 atom stereocenters. The lowest BCUT2D eigenvalue weighted by molar-refractivity contribution is 0.102. The predicted octanol–water partition coefficient (Wildman–Crippen LogP) is 4.39. The smallest absolute Gasteiger partial charge is 0.257 e. The van der Waals surface area contributed by atoms with Crippen molar-refractivity contribution in [3.05, 3.63) is 114 Å². The van der Waals surface area contributed by atoms with E-state index in [9.17, 15) is 4.79 Å². The maximum atomic E-state index is 12.7. The highest BCUT2D eigenvalue weighted by molar-refractivity contribution is 6.04. The van der Waals surface area contributed by atoms with Crippen molar-refractivity contribution in [1.82, 2.24) is 14.9 Å². The molecule has 0 radical (unpaired) electrons. The number of anilines is 1. The van der Waals surface area contributed by atoms with E-state index in [2.05, 4.69) is 31.8 Å². The number of benzene rings is 1. The first-order valence-electron chi connectivity index (χ1n) is 11.6. The molecule has 1 amide bonds. The van der Waals surface area contributed by atoms with E-state index in [1.165, 1.54) is 0 Å². The van der Waals surface area contributed by atoms with Gasteiger partial charge in [-0.1, -0.05) is 30.9 Å². The van der Waals surface area contributed by atoms with Crippen LogP contribution in [0.2, 0.25) is 0 Å². The van der Waals surface area contributed by atoms with Gasteiger partial charge in [-0.05, 0) is 67.9 Å². The molecule has 3 rings (SSSR count). The number of aromatic nitrogens is 2. The summed E-state index contributed by atoms with van der Waals surface area (Å²) in [5.41, 5.74) is 10.6. The summed E-state index contributed by atoms with van der Waals surface area (Å²) in [6.45, 7) is 8.21. The van der Waals surface area contributed by atoms with Crippen LogP contribution >= 0.6 is 0 Å². The monoisotopic (exact) mass is 468 g/mol. The van der Waals surface area contributed by atoms with Crippen LogP contribution in [0.3, 0.4) is 0 Å². The molecule has 0 fully saturated rings. The fraction of sp³-hybridized carbons (Fsp3) is 0.214. The van der Waals surface area contributed by atoms with Crippen molar-refractivity contribution in [2.75, 3.05) is 18.4 Å². The topological polar surface area (TPSA) is 96.5 Å². The fourth-order valence-corrected chi connectivity index (χ4v) is 3.45. The average molecular weight is 469 g/mol. The zero-order valence-corrected chi connectivity index (χ0v) is 20.1. The first-order chi connectivity index (χ1) is 17.1. The van der Waals surface area contributed by atoms with Crippen LogP contribution in [-0.4, -0.2) is 39.6 Å². The van der Waals surface area contributed by atoms with Crippen molar-refractivity contribution in [2.24, 2.45) is 10.7 Å². The van der Waals surface area contributed by atoms with Crippen LogP contribution in [0.5, 0.6) is 0 Å². The van der Waals surface area contributed by atoms with Gasteiger partial charge < -0.3 is 11.1 Å². The van der Waals surface area contributed by atoms with Crippen molar-refractivity contribution >= 4 is 17.3 Å². The third kappa shape index (κ3) is 8.41. The molecular formula is C28H32N6O. The van der Waals surface area contributed by atoms with Crippen LogP contribution in [0.1, 0.15) is 34.2 Å². The Morgan fingerprint density at radius 2 is 1.86 bits per heavy atom. The van der Waals surface area contributed by atoms with Crippen LogP contribution in [0, 0.1) is 0 Å². The lowest BCUT2D eigenvalue weighted by atomic mass is 10.1. The fourth-order valence-electron chi connectivity index (χ4n) is 3.45. The van der Waals surface area contributed by atoms with Gasteiger partial charge in [0.2, 0.25) is 0 Å². The van der Waals surface area contributed by atoms with E-state index in [1.54, 1.807) is 30.7 Å². The van der Waals surface area contributed by atoms with Crippen molar-refractivity contribution in [3.8, 4) is 0 Å². The van der Waals surface area contributed by atoms with Crippen LogP contribution in [-0.2, 0) is 19.5 Å². The number of rotatable bonds is 12. The van der Waals surface area contributed by atoms with Crippen molar-refractivity contribution < 1.29 is 4.79 Å². The molecule has 0 saturated heterocycles. The summed E-state index contributed by atoms with van der Waals surface area (Å²) in [6, 6.07) is 17.2.